The molecule has 0 bridgehead atoms. The van der Waals surface area contributed by atoms with Gasteiger partial charge in [0.1, 0.15) is 0 Å². The van der Waals surface area contributed by atoms with Gasteiger partial charge in [0, 0.05) is 38.1 Å². The molecule has 0 radical (unpaired) electrons. The van der Waals surface area contributed by atoms with Gasteiger partial charge in [0.05, 0.1) is 18.8 Å². The van der Waals surface area contributed by atoms with E-state index in [9.17, 15) is 0 Å². The lowest BCUT2D eigenvalue weighted by atomic mass is 10.2. The van der Waals surface area contributed by atoms with Crippen molar-refractivity contribution in [3.8, 4) is 0 Å². The molecule has 1 aliphatic carbocycles. The van der Waals surface area contributed by atoms with Gasteiger partial charge in [-0.15, -0.1) is 0 Å². The number of hydrogen-bond donors (Lipinski definition) is 1. The maximum atomic E-state index is 5.96. The average molecular weight is 251 g/mol. The number of fused-ring (bicyclic) bond motifs is 1. The molecule has 2 heterocycles. The minimum atomic E-state index is 0.267. The zero-order valence-electron chi connectivity index (χ0n) is 10.6. The minimum absolute atomic E-state index is 0.267. The molecule has 1 aliphatic heterocycles. The molecule has 0 amide bonds. The van der Waals surface area contributed by atoms with Gasteiger partial charge in [-0.25, -0.2) is 0 Å². The minimum Gasteiger partial charge on any atom is -0.375 e. The summed E-state index contributed by atoms with van der Waals surface area (Å²) in [6.45, 7) is 3.51. The molecule has 1 N–H and O–H groups in total. The summed E-state index contributed by atoms with van der Waals surface area (Å²) in [4.78, 5) is 0. The van der Waals surface area contributed by atoms with Gasteiger partial charge in [-0.05, 0) is 25.3 Å². The maximum Gasteiger partial charge on any atom is 0.0989 e. The molecule has 1 aromatic heterocycles. The molecule has 2 aliphatic rings. The average Bonchev–Trinajstić information content (AvgIpc) is 3.04. The predicted molar refractivity (Wildman–Crippen MR) is 67.3 cm³/mol. The molecule has 1 saturated carbocycles. The summed E-state index contributed by atoms with van der Waals surface area (Å²) in [5.74, 6) is 0. The second-order valence-corrected chi connectivity index (χ2v) is 5.01. The van der Waals surface area contributed by atoms with Crippen LogP contribution in [0.3, 0.4) is 0 Å². The molecule has 1 aromatic rings. The van der Waals surface area contributed by atoms with Gasteiger partial charge in [0.2, 0.25) is 0 Å². The lowest BCUT2D eigenvalue weighted by molar-refractivity contribution is -0.0791. The Kier molecular flexibility index (Phi) is 3.93. The molecule has 100 valence electrons. The van der Waals surface area contributed by atoms with E-state index in [1.165, 1.54) is 6.42 Å². The van der Waals surface area contributed by atoms with Crippen molar-refractivity contribution in [2.75, 3.05) is 19.8 Å². The Labute approximate surface area is 107 Å². The Bertz CT molecular complexity index is 355. The normalized spacial score (nSPS) is 31.4. The third-order valence-electron chi connectivity index (χ3n) is 3.77. The SMILES string of the molecule is c1cnn(CCCO[C@@H]2CC[C@@H]3NCCO[C@H]32)c1. The molecule has 0 unspecified atom stereocenters. The van der Waals surface area contributed by atoms with E-state index < -0.39 is 0 Å². The van der Waals surface area contributed by atoms with Gasteiger partial charge >= 0.3 is 0 Å². The summed E-state index contributed by atoms with van der Waals surface area (Å²) >= 11 is 0. The number of ether oxygens (including phenoxy) is 2. The number of nitrogens with one attached hydrogen (secondary N) is 1. The Morgan fingerprint density at radius 1 is 1.44 bits per heavy atom. The van der Waals surface area contributed by atoms with Crippen LogP contribution in [-0.4, -0.2) is 47.8 Å². The van der Waals surface area contributed by atoms with Gasteiger partial charge in [-0.3, -0.25) is 4.68 Å². The van der Waals surface area contributed by atoms with Crippen molar-refractivity contribution in [3.63, 3.8) is 0 Å². The van der Waals surface area contributed by atoms with E-state index in [2.05, 4.69) is 10.4 Å². The molecular weight excluding hydrogens is 230 g/mol. The van der Waals surface area contributed by atoms with Crippen molar-refractivity contribution in [3.05, 3.63) is 18.5 Å². The van der Waals surface area contributed by atoms with Crippen molar-refractivity contribution < 1.29 is 9.47 Å². The second-order valence-electron chi connectivity index (χ2n) is 5.01. The molecule has 0 aromatic carbocycles. The van der Waals surface area contributed by atoms with Gasteiger partial charge in [-0.1, -0.05) is 0 Å². The van der Waals surface area contributed by atoms with Crippen molar-refractivity contribution in [1.82, 2.24) is 15.1 Å². The fourth-order valence-electron chi connectivity index (χ4n) is 2.88. The molecule has 3 atom stereocenters. The zero-order chi connectivity index (χ0) is 12.2. The maximum absolute atomic E-state index is 5.96. The molecule has 0 spiro atoms. The molecule has 2 fully saturated rings. The van der Waals surface area contributed by atoms with E-state index in [1.54, 1.807) is 0 Å². The zero-order valence-corrected chi connectivity index (χ0v) is 10.6. The Morgan fingerprint density at radius 2 is 2.44 bits per heavy atom. The number of morpholine rings is 1. The first-order valence-corrected chi connectivity index (χ1v) is 6.87. The van der Waals surface area contributed by atoms with Crippen LogP contribution in [0, 0.1) is 0 Å². The van der Waals surface area contributed by atoms with Crippen LogP contribution in [0.1, 0.15) is 19.3 Å². The molecule has 5 heteroatoms. The molecule has 18 heavy (non-hydrogen) atoms. The lowest BCUT2D eigenvalue weighted by Crippen LogP contribution is -2.49. The fraction of sp³-hybridized carbons (Fsp3) is 0.769. The summed E-state index contributed by atoms with van der Waals surface area (Å²) in [5, 5.41) is 7.68. The van der Waals surface area contributed by atoms with Gasteiger partial charge in [0.25, 0.3) is 0 Å². The standard InChI is InChI=1S/C13H21N3O2/c1-5-15-16(7-1)8-2-9-17-12-4-3-11-13(12)18-10-6-14-11/h1,5,7,11-14H,2-4,6,8-10H2/t11-,12+,13+/m0/s1. The van der Waals surface area contributed by atoms with E-state index in [-0.39, 0.29) is 12.2 Å². The summed E-state index contributed by atoms with van der Waals surface area (Å²) in [6.07, 6.45) is 7.63. The van der Waals surface area contributed by atoms with E-state index in [1.807, 2.05) is 23.1 Å². The Balaban J connectivity index is 1.38. The Hall–Kier alpha value is -0.910. The van der Waals surface area contributed by atoms with Crippen LogP contribution < -0.4 is 5.32 Å². The second kappa shape index (κ2) is 5.82. The predicted octanol–water partition coefficient (Wildman–Crippen LogP) is 0.809. The number of nitrogens with zero attached hydrogens (tertiary/aromatic N) is 2. The van der Waals surface area contributed by atoms with Crippen LogP contribution in [-0.2, 0) is 16.0 Å². The van der Waals surface area contributed by atoms with Gasteiger partial charge in [-0.2, -0.15) is 5.10 Å². The monoisotopic (exact) mass is 251 g/mol. The summed E-state index contributed by atoms with van der Waals surface area (Å²) in [6, 6.07) is 2.46. The van der Waals surface area contributed by atoms with Crippen molar-refractivity contribution in [2.45, 2.75) is 44.1 Å². The quantitative estimate of drug-likeness (QED) is 0.787. The number of rotatable bonds is 5. The first-order chi connectivity index (χ1) is 8.93. The number of aromatic nitrogens is 2. The number of hydrogen-bond acceptors (Lipinski definition) is 4. The third-order valence-corrected chi connectivity index (χ3v) is 3.77. The first-order valence-electron chi connectivity index (χ1n) is 6.87. The first kappa shape index (κ1) is 12.1. The van der Waals surface area contributed by atoms with Crippen LogP contribution in [0.4, 0.5) is 0 Å². The molecule has 3 rings (SSSR count). The van der Waals surface area contributed by atoms with Crippen LogP contribution in [0.5, 0.6) is 0 Å². The summed E-state index contributed by atoms with van der Waals surface area (Å²) in [7, 11) is 0. The van der Waals surface area contributed by atoms with E-state index in [4.69, 9.17) is 9.47 Å². The highest BCUT2D eigenvalue weighted by molar-refractivity contribution is 4.93. The highest BCUT2D eigenvalue weighted by Crippen LogP contribution is 2.27. The van der Waals surface area contributed by atoms with Crippen molar-refractivity contribution >= 4 is 0 Å². The lowest BCUT2D eigenvalue weighted by Gasteiger charge is -2.30. The van der Waals surface area contributed by atoms with E-state index in [0.717, 1.165) is 39.1 Å². The van der Waals surface area contributed by atoms with Crippen molar-refractivity contribution in [2.24, 2.45) is 0 Å². The topological polar surface area (TPSA) is 48.3 Å². The highest BCUT2D eigenvalue weighted by Gasteiger charge is 2.39. The largest absolute Gasteiger partial charge is 0.375 e. The molecule has 1 saturated heterocycles. The summed E-state index contributed by atoms with van der Waals surface area (Å²) in [5.41, 5.74) is 0. The van der Waals surface area contributed by atoms with Crippen LogP contribution in [0.15, 0.2) is 18.5 Å². The molecule has 5 nitrogen and oxygen atoms in total. The van der Waals surface area contributed by atoms with Crippen LogP contribution in [0.25, 0.3) is 0 Å². The van der Waals surface area contributed by atoms with Gasteiger partial charge in [0.15, 0.2) is 0 Å². The van der Waals surface area contributed by atoms with Crippen molar-refractivity contribution in [1.29, 1.82) is 0 Å². The van der Waals surface area contributed by atoms with E-state index in [0.29, 0.717) is 6.04 Å². The van der Waals surface area contributed by atoms with Gasteiger partial charge < -0.3 is 14.8 Å². The smallest absolute Gasteiger partial charge is 0.0989 e. The molecular formula is C13H21N3O2. The number of aryl methyl sites for hydroxylation is 1. The Morgan fingerprint density at radius 3 is 3.33 bits per heavy atom. The fourth-order valence-corrected chi connectivity index (χ4v) is 2.88. The van der Waals surface area contributed by atoms with E-state index >= 15 is 0 Å². The third kappa shape index (κ3) is 2.74. The highest BCUT2D eigenvalue weighted by atomic mass is 16.5. The summed E-state index contributed by atoms with van der Waals surface area (Å²) < 4.78 is 13.7. The van der Waals surface area contributed by atoms with Crippen LogP contribution in [0.2, 0.25) is 0 Å². The van der Waals surface area contributed by atoms with Crippen LogP contribution >= 0.6 is 0 Å².